The molecule has 1 aromatic heterocycles. The van der Waals surface area contributed by atoms with Gasteiger partial charge in [0.2, 0.25) is 0 Å². The van der Waals surface area contributed by atoms with Gasteiger partial charge in [-0.3, -0.25) is 0 Å². The number of allylic oxidation sites excluding steroid dienone is 1. The van der Waals surface area contributed by atoms with Gasteiger partial charge < -0.3 is 25.1 Å². The van der Waals surface area contributed by atoms with Crippen molar-refractivity contribution in [2.75, 3.05) is 27.3 Å². The molecule has 41 heavy (non-hydrogen) atoms. The summed E-state index contributed by atoms with van der Waals surface area (Å²) < 4.78 is 9.01. The lowest BCUT2D eigenvalue weighted by molar-refractivity contribution is 0.170. The van der Waals surface area contributed by atoms with E-state index in [9.17, 15) is 9.59 Å². The van der Waals surface area contributed by atoms with Crippen LogP contribution < -0.4 is 10.6 Å². The molecule has 222 valence electrons. The Balaban J connectivity index is 0.000000318. The van der Waals surface area contributed by atoms with Crippen molar-refractivity contribution in [1.29, 1.82) is 0 Å². The number of alkyl carbamates (subject to hydrolysis) is 2. The number of ether oxygens (including phenoxy) is 2. The molecule has 0 unspecified atom stereocenters. The van der Waals surface area contributed by atoms with Crippen LogP contribution in [0.1, 0.15) is 23.1 Å². The number of rotatable bonds is 6. The van der Waals surface area contributed by atoms with E-state index in [2.05, 4.69) is 100 Å². The summed E-state index contributed by atoms with van der Waals surface area (Å²) in [6, 6.07) is 16.5. The fourth-order valence-corrected chi connectivity index (χ4v) is 6.43. The second-order valence-electron chi connectivity index (χ2n) is 7.63. The minimum atomic E-state index is -0.389. The highest BCUT2D eigenvalue weighted by Crippen LogP contribution is 2.28. The Labute approximate surface area is 274 Å². The molecule has 0 aliphatic heterocycles. The zero-order valence-electron chi connectivity index (χ0n) is 22.1. The summed E-state index contributed by atoms with van der Waals surface area (Å²) in [4.78, 5) is 24.9. The molecule has 1 aliphatic carbocycles. The molecule has 2 amide bonds. The van der Waals surface area contributed by atoms with E-state index in [0.717, 1.165) is 24.8 Å². The average molecular weight is 724 g/mol. The zero-order chi connectivity index (χ0) is 30.3. The number of methoxy groups -OCH3 is 2. The van der Waals surface area contributed by atoms with Crippen molar-refractivity contribution in [1.82, 2.24) is 15.6 Å². The summed E-state index contributed by atoms with van der Waals surface area (Å²) in [5.41, 5.74) is 6.32. The maximum Gasteiger partial charge on any atom is 0.406 e. The molecule has 2 aromatic carbocycles. The molecule has 0 atom stereocenters. The summed E-state index contributed by atoms with van der Waals surface area (Å²) in [6.45, 7) is 1.20. The van der Waals surface area contributed by atoms with Gasteiger partial charge in [0.1, 0.15) is 0 Å². The maximum atomic E-state index is 10.9. The number of amides is 2. The number of aromatic nitrogens is 1. The molecule has 3 aromatic rings. The van der Waals surface area contributed by atoms with Crippen molar-refractivity contribution in [3.63, 3.8) is 0 Å². The van der Waals surface area contributed by atoms with E-state index in [-0.39, 0.29) is 12.2 Å². The predicted molar refractivity (Wildman–Crippen MR) is 192 cm³/mol. The lowest BCUT2D eigenvalue weighted by Crippen LogP contribution is -2.25. The Hall–Kier alpha value is -1.76. The van der Waals surface area contributed by atoms with Crippen molar-refractivity contribution in [3.05, 3.63) is 77.5 Å². The van der Waals surface area contributed by atoms with E-state index < -0.39 is 0 Å². The van der Waals surface area contributed by atoms with Gasteiger partial charge in [-0.1, -0.05) is 48.5 Å². The fourth-order valence-electron chi connectivity index (χ4n) is 3.68. The van der Waals surface area contributed by atoms with Gasteiger partial charge in [0.25, 0.3) is 0 Å². The van der Waals surface area contributed by atoms with Gasteiger partial charge in [0.05, 0.1) is 14.2 Å². The summed E-state index contributed by atoms with van der Waals surface area (Å²) in [7, 11) is 9.03. The van der Waals surface area contributed by atoms with Crippen LogP contribution in [0.2, 0.25) is 0 Å². The molecule has 1 heterocycles. The van der Waals surface area contributed by atoms with E-state index in [0.29, 0.717) is 13.1 Å². The number of carbonyl (C=O) groups excluding carboxylic acids is 2. The Bertz CT molecular complexity index is 1490. The van der Waals surface area contributed by atoms with E-state index in [1.165, 1.54) is 86.3 Å². The SMILES string of the molecule is COC(=O)NCCC1=CCc2ccccc21.COC(=O)NCCc1c[nH]c2ccccc12.S=S=S=S.S=S=S=S=S. The molecule has 0 fully saturated rings. The average Bonchev–Trinajstić information content (AvgIpc) is 3.62. The number of hydrogen-bond donors (Lipinski definition) is 3. The summed E-state index contributed by atoms with van der Waals surface area (Å²) in [6.07, 6.45) is 6.09. The van der Waals surface area contributed by atoms with E-state index in [4.69, 9.17) is 0 Å². The van der Waals surface area contributed by atoms with Crippen LogP contribution in [-0.2, 0) is 111 Å². The number of aromatic amines is 1. The maximum absolute atomic E-state index is 10.9. The monoisotopic (exact) mass is 723 g/mol. The fraction of sp³-hybridized carbons (Fsp3) is 0.280. The molecule has 0 bridgehead atoms. The van der Waals surface area contributed by atoms with Gasteiger partial charge in [-0.15, -0.1) is 0 Å². The van der Waals surface area contributed by atoms with E-state index >= 15 is 0 Å². The number of nitrogens with one attached hydrogen (secondary N) is 3. The second kappa shape index (κ2) is 23.8. The molecular formula is C25H29N3O4S9. The number of carbonyl (C=O) groups is 2. The number of hydrogen-bond acceptors (Lipinski definition) is 8. The van der Waals surface area contributed by atoms with Crippen molar-refractivity contribution < 1.29 is 19.1 Å². The van der Waals surface area contributed by atoms with E-state index in [1.807, 2.05) is 30.5 Å². The van der Waals surface area contributed by atoms with Gasteiger partial charge in [0.15, 0.2) is 0 Å². The van der Waals surface area contributed by atoms with Crippen LogP contribution >= 0.6 is 0 Å². The zero-order valence-corrected chi connectivity index (χ0v) is 29.5. The third kappa shape index (κ3) is 15.3. The Kier molecular flexibility index (Phi) is 21.6. The summed E-state index contributed by atoms with van der Waals surface area (Å²) in [5.74, 6) is 0. The molecule has 3 N–H and O–H groups in total. The quantitative estimate of drug-likeness (QED) is 0.345. The molecule has 4 rings (SSSR count). The molecule has 0 spiro atoms. The topological polar surface area (TPSA) is 92.4 Å². The largest absolute Gasteiger partial charge is 0.453 e. The Morgan fingerprint density at radius 2 is 1.41 bits per heavy atom. The van der Waals surface area contributed by atoms with Crippen LogP contribution in [0.4, 0.5) is 9.59 Å². The van der Waals surface area contributed by atoms with Crippen molar-refractivity contribution >= 4 is 118 Å². The predicted octanol–water partition coefficient (Wildman–Crippen LogP) is 4.42. The lowest BCUT2D eigenvalue weighted by Gasteiger charge is -2.06. The second-order valence-corrected chi connectivity index (χ2v) is 16.5. The summed E-state index contributed by atoms with van der Waals surface area (Å²) >= 11 is 17.5. The summed E-state index contributed by atoms with van der Waals surface area (Å²) in [5, 5.41) is 6.55. The van der Waals surface area contributed by atoms with Crippen LogP contribution in [-0.4, -0.2) is 44.5 Å². The Morgan fingerprint density at radius 3 is 2.00 bits per heavy atom. The number of para-hydroxylation sites is 1. The third-order valence-corrected chi connectivity index (χ3v) is 12.1. The van der Waals surface area contributed by atoms with Crippen molar-refractivity contribution in [3.8, 4) is 0 Å². The molecule has 1 aliphatic rings. The third-order valence-electron chi connectivity index (χ3n) is 5.39. The van der Waals surface area contributed by atoms with Crippen LogP contribution in [0.3, 0.4) is 0 Å². The highest BCUT2D eigenvalue weighted by atomic mass is 33.3. The first-order chi connectivity index (χ1) is 19.9. The molecule has 16 heteroatoms. The van der Waals surface area contributed by atoms with Gasteiger partial charge in [0, 0.05) is 119 Å². The van der Waals surface area contributed by atoms with Gasteiger partial charge >= 0.3 is 12.2 Å². The van der Waals surface area contributed by atoms with Crippen molar-refractivity contribution in [2.24, 2.45) is 0 Å². The van der Waals surface area contributed by atoms with Gasteiger partial charge in [-0.2, -0.15) is 0 Å². The number of H-pyrrole nitrogens is 1. The molecule has 0 saturated heterocycles. The van der Waals surface area contributed by atoms with Crippen LogP contribution in [0.25, 0.3) is 16.5 Å². The first-order valence-electron chi connectivity index (χ1n) is 11.7. The molecule has 0 saturated carbocycles. The number of benzene rings is 2. The smallest absolute Gasteiger partial charge is 0.406 e. The number of fused-ring (bicyclic) bond motifs is 2. The van der Waals surface area contributed by atoms with Crippen molar-refractivity contribution in [2.45, 2.75) is 19.3 Å². The Morgan fingerprint density at radius 1 is 0.829 bits per heavy atom. The molecule has 7 nitrogen and oxygen atoms in total. The van der Waals surface area contributed by atoms with Gasteiger partial charge in [-0.05, 0) is 47.6 Å². The van der Waals surface area contributed by atoms with Gasteiger partial charge in [-0.25, -0.2) is 9.59 Å². The van der Waals surface area contributed by atoms with Crippen LogP contribution in [0.5, 0.6) is 0 Å². The first kappa shape index (κ1) is 37.3. The van der Waals surface area contributed by atoms with Crippen LogP contribution in [0.15, 0.2) is 60.8 Å². The minimum absolute atomic E-state index is 0.369. The highest BCUT2D eigenvalue weighted by molar-refractivity contribution is 8.59. The van der Waals surface area contributed by atoms with E-state index in [1.54, 1.807) is 0 Å². The molecule has 0 radical (unpaired) electrons. The minimum Gasteiger partial charge on any atom is -0.453 e. The first-order valence-corrected chi connectivity index (χ1v) is 21.1. The standard InChI is InChI=1S/C13H15NO2.C12H14N2O2.S5.S4/c1-16-13(15)14-9-8-11-7-6-10-4-2-3-5-12(10)11;1-16-12(15)13-7-6-9-8-14-11-5-3-2-4-10(9)11;1-3-5-4-2;1-3-4-2/h2-5,7H,6,8-9H2,1H3,(H,14,15);2-5,8,14H,6-7H2,1H3,(H,13,15);;. The lowest BCUT2D eigenvalue weighted by atomic mass is 10.0. The highest BCUT2D eigenvalue weighted by Gasteiger charge is 2.12. The molecular weight excluding hydrogens is 695 g/mol. The van der Waals surface area contributed by atoms with Crippen LogP contribution in [0, 0.1) is 0 Å². The normalized spacial score (nSPS) is 10.2.